The zero-order chi connectivity index (χ0) is 14.7. The molecule has 21 heavy (non-hydrogen) atoms. The van der Waals surface area contributed by atoms with Crippen LogP contribution in [0.4, 0.5) is 11.5 Å². The highest BCUT2D eigenvalue weighted by atomic mass is 32.1. The van der Waals surface area contributed by atoms with Crippen molar-refractivity contribution in [2.45, 2.75) is 13.5 Å². The third-order valence-corrected chi connectivity index (χ3v) is 4.25. The highest BCUT2D eigenvalue weighted by Crippen LogP contribution is 2.25. The van der Waals surface area contributed by atoms with E-state index in [2.05, 4.69) is 62.8 Å². The first-order chi connectivity index (χ1) is 10.3. The minimum Gasteiger partial charge on any atom is -0.372 e. The summed E-state index contributed by atoms with van der Waals surface area (Å²) in [5.74, 6) is 1.75. The fraction of sp³-hybridized carbons (Fsp3) is 0.250. The summed E-state index contributed by atoms with van der Waals surface area (Å²) in [4.78, 5) is 12.6. The number of rotatable bonds is 5. The Hall–Kier alpha value is -2.14. The molecular formula is C16H18N4S. The summed E-state index contributed by atoms with van der Waals surface area (Å²) < 4.78 is 0. The number of hydrogen-bond acceptors (Lipinski definition) is 5. The first-order valence-electron chi connectivity index (χ1n) is 7.03. The number of fused-ring (bicyclic) bond motifs is 1. The van der Waals surface area contributed by atoms with E-state index in [0.717, 1.165) is 28.4 Å². The zero-order valence-electron chi connectivity index (χ0n) is 12.2. The quantitative estimate of drug-likeness (QED) is 0.778. The van der Waals surface area contributed by atoms with Gasteiger partial charge in [0, 0.05) is 19.3 Å². The van der Waals surface area contributed by atoms with Crippen LogP contribution < -0.4 is 10.2 Å². The summed E-state index contributed by atoms with van der Waals surface area (Å²) in [5.41, 5.74) is 1.20. The molecule has 0 spiro atoms. The Morgan fingerprint density at radius 1 is 1.14 bits per heavy atom. The van der Waals surface area contributed by atoms with Gasteiger partial charge in [0.2, 0.25) is 0 Å². The summed E-state index contributed by atoms with van der Waals surface area (Å²) in [7, 11) is 1.90. The number of aromatic nitrogens is 2. The molecule has 0 unspecified atom stereocenters. The van der Waals surface area contributed by atoms with Gasteiger partial charge in [-0.05, 0) is 30.5 Å². The van der Waals surface area contributed by atoms with Gasteiger partial charge in [0.25, 0.3) is 0 Å². The average Bonchev–Trinajstić information content (AvgIpc) is 3.01. The minimum absolute atomic E-state index is 0.711. The molecule has 2 aromatic heterocycles. The molecule has 0 saturated heterocycles. The maximum absolute atomic E-state index is 4.68. The summed E-state index contributed by atoms with van der Waals surface area (Å²) >= 11 is 1.65. The molecule has 0 amide bonds. The van der Waals surface area contributed by atoms with Gasteiger partial charge in [-0.3, -0.25) is 0 Å². The largest absolute Gasteiger partial charge is 0.372 e. The van der Waals surface area contributed by atoms with E-state index in [9.17, 15) is 0 Å². The van der Waals surface area contributed by atoms with Crippen LogP contribution in [0.1, 0.15) is 12.7 Å². The van der Waals surface area contributed by atoms with Crippen molar-refractivity contribution in [3.8, 4) is 0 Å². The topological polar surface area (TPSA) is 41.1 Å². The lowest BCUT2D eigenvalue weighted by atomic mass is 10.3. The number of hydrogen-bond donors (Lipinski definition) is 1. The average molecular weight is 298 g/mol. The predicted molar refractivity (Wildman–Crippen MR) is 90.1 cm³/mol. The standard InChI is InChI=1S/C16H18N4S/c1-3-20(12-7-5-4-6-8-12)11-14-18-15(17-2)13-9-10-21-16(13)19-14/h4-10H,3,11H2,1-2H3,(H,17,18,19). The van der Waals surface area contributed by atoms with E-state index < -0.39 is 0 Å². The van der Waals surface area contributed by atoms with E-state index in [1.54, 1.807) is 11.3 Å². The minimum atomic E-state index is 0.711. The smallest absolute Gasteiger partial charge is 0.151 e. The molecule has 0 aliphatic rings. The Morgan fingerprint density at radius 2 is 1.95 bits per heavy atom. The van der Waals surface area contributed by atoms with Crippen molar-refractivity contribution in [1.82, 2.24) is 9.97 Å². The van der Waals surface area contributed by atoms with Gasteiger partial charge in [-0.25, -0.2) is 9.97 Å². The zero-order valence-corrected chi connectivity index (χ0v) is 13.0. The van der Waals surface area contributed by atoms with E-state index >= 15 is 0 Å². The van der Waals surface area contributed by atoms with Crippen molar-refractivity contribution in [1.29, 1.82) is 0 Å². The molecule has 108 valence electrons. The van der Waals surface area contributed by atoms with Crippen molar-refractivity contribution < 1.29 is 0 Å². The Bertz CT molecular complexity index is 723. The molecule has 0 aliphatic heterocycles. The molecule has 1 aromatic carbocycles. The second-order valence-electron chi connectivity index (χ2n) is 4.73. The van der Waals surface area contributed by atoms with Crippen LogP contribution in [0.2, 0.25) is 0 Å². The Labute approximate surface area is 128 Å². The lowest BCUT2D eigenvalue weighted by Crippen LogP contribution is -2.23. The van der Waals surface area contributed by atoms with Crippen molar-refractivity contribution in [3.05, 3.63) is 47.6 Å². The van der Waals surface area contributed by atoms with E-state index in [0.29, 0.717) is 6.54 Å². The molecule has 0 aliphatic carbocycles. The summed E-state index contributed by atoms with van der Waals surface area (Å²) in [6, 6.07) is 12.4. The van der Waals surface area contributed by atoms with Crippen LogP contribution in [-0.4, -0.2) is 23.6 Å². The number of nitrogens with one attached hydrogen (secondary N) is 1. The van der Waals surface area contributed by atoms with E-state index in [1.807, 2.05) is 13.1 Å². The predicted octanol–water partition coefficient (Wildman–Crippen LogP) is 3.76. The summed E-state index contributed by atoms with van der Waals surface area (Å²) in [6.07, 6.45) is 0. The Morgan fingerprint density at radius 3 is 2.67 bits per heavy atom. The van der Waals surface area contributed by atoms with Crippen LogP contribution in [0, 0.1) is 0 Å². The van der Waals surface area contributed by atoms with Gasteiger partial charge >= 0.3 is 0 Å². The van der Waals surface area contributed by atoms with E-state index in [4.69, 9.17) is 0 Å². The van der Waals surface area contributed by atoms with Crippen LogP contribution >= 0.6 is 11.3 Å². The summed E-state index contributed by atoms with van der Waals surface area (Å²) in [5, 5.41) is 6.31. The lowest BCUT2D eigenvalue weighted by Gasteiger charge is -2.22. The number of benzene rings is 1. The fourth-order valence-electron chi connectivity index (χ4n) is 2.36. The molecular weight excluding hydrogens is 280 g/mol. The van der Waals surface area contributed by atoms with Crippen LogP contribution in [0.15, 0.2) is 41.8 Å². The van der Waals surface area contributed by atoms with Crippen molar-refractivity contribution in [2.24, 2.45) is 0 Å². The van der Waals surface area contributed by atoms with Gasteiger partial charge in [0.15, 0.2) is 5.82 Å². The van der Waals surface area contributed by atoms with Gasteiger partial charge in [-0.2, -0.15) is 0 Å². The third-order valence-electron chi connectivity index (χ3n) is 3.44. The van der Waals surface area contributed by atoms with Gasteiger partial charge in [0.1, 0.15) is 10.6 Å². The molecule has 3 aromatic rings. The maximum atomic E-state index is 4.68. The van der Waals surface area contributed by atoms with E-state index in [1.165, 1.54) is 5.69 Å². The van der Waals surface area contributed by atoms with Crippen LogP contribution in [0.25, 0.3) is 10.2 Å². The fourth-order valence-corrected chi connectivity index (χ4v) is 3.14. The summed E-state index contributed by atoms with van der Waals surface area (Å²) in [6.45, 7) is 3.78. The van der Waals surface area contributed by atoms with Gasteiger partial charge in [-0.1, -0.05) is 18.2 Å². The lowest BCUT2D eigenvalue weighted by molar-refractivity contribution is 0.787. The molecule has 0 saturated carbocycles. The molecule has 3 rings (SSSR count). The first kappa shape index (κ1) is 13.8. The van der Waals surface area contributed by atoms with Crippen molar-refractivity contribution in [2.75, 3.05) is 23.8 Å². The highest BCUT2D eigenvalue weighted by Gasteiger charge is 2.11. The van der Waals surface area contributed by atoms with Gasteiger partial charge in [-0.15, -0.1) is 11.3 Å². The van der Waals surface area contributed by atoms with Gasteiger partial charge in [0.05, 0.1) is 11.9 Å². The number of nitrogens with zero attached hydrogens (tertiary/aromatic N) is 3. The van der Waals surface area contributed by atoms with Gasteiger partial charge < -0.3 is 10.2 Å². The first-order valence-corrected chi connectivity index (χ1v) is 7.91. The highest BCUT2D eigenvalue weighted by molar-refractivity contribution is 7.16. The molecule has 2 heterocycles. The third kappa shape index (κ3) is 2.83. The van der Waals surface area contributed by atoms with Crippen molar-refractivity contribution in [3.63, 3.8) is 0 Å². The van der Waals surface area contributed by atoms with Crippen molar-refractivity contribution >= 4 is 33.1 Å². The molecule has 0 atom stereocenters. The maximum Gasteiger partial charge on any atom is 0.151 e. The molecule has 0 radical (unpaired) electrons. The van der Waals surface area contributed by atoms with Crippen LogP contribution in [0.3, 0.4) is 0 Å². The van der Waals surface area contributed by atoms with Crippen LogP contribution in [0.5, 0.6) is 0 Å². The molecule has 0 bridgehead atoms. The Kier molecular flexibility index (Phi) is 4.01. The van der Waals surface area contributed by atoms with Crippen LogP contribution in [-0.2, 0) is 6.54 Å². The number of para-hydroxylation sites is 1. The molecule has 4 nitrogen and oxygen atoms in total. The second-order valence-corrected chi connectivity index (χ2v) is 5.62. The molecule has 0 fully saturated rings. The monoisotopic (exact) mass is 298 g/mol. The SMILES string of the molecule is CCN(Cc1nc(NC)c2ccsc2n1)c1ccccc1. The molecule has 1 N–H and O–H groups in total. The number of anilines is 2. The second kappa shape index (κ2) is 6.10. The number of thiophene rings is 1. The Balaban J connectivity index is 1.93. The molecule has 5 heteroatoms. The normalized spacial score (nSPS) is 10.8. The van der Waals surface area contributed by atoms with E-state index in [-0.39, 0.29) is 0 Å².